The van der Waals surface area contributed by atoms with Crippen LogP contribution >= 0.6 is 0 Å². The molecular weight excluding hydrogens is 374 g/mol. The summed E-state index contributed by atoms with van der Waals surface area (Å²) in [6.07, 6.45) is 0. The summed E-state index contributed by atoms with van der Waals surface area (Å²) in [5, 5.41) is 7.45. The molecule has 3 aromatic heterocycles. The van der Waals surface area contributed by atoms with Crippen LogP contribution in [-0.4, -0.2) is 22.8 Å². The van der Waals surface area contributed by atoms with Crippen LogP contribution in [0, 0.1) is 20.8 Å². The van der Waals surface area contributed by atoms with E-state index in [2.05, 4.69) is 15.5 Å². The number of hydrogen-bond donors (Lipinski definition) is 1. The fraction of sp³-hybridized carbons (Fsp3) is 0.190. The number of rotatable bonds is 3. The van der Waals surface area contributed by atoms with E-state index in [9.17, 15) is 4.79 Å². The maximum absolute atomic E-state index is 13.1. The summed E-state index contributed by atoms with van der Waals surface area (Å²) >= 11 is 0. The van der Waals surface area contributed by atoms with E-state index >= 15 is 0 Å². The van der Waals surface area contributed by atoms with Gasteiger partial charge in [0.1, 0.15) is 11.5 Å². The molecule has 1 aromatic carbocycles. The lowest BCUT2D eigenvalue weighted by Crippen LogP contribution is -2.13. The predicted octanol–water partition coefficient (Wildman–Crippen LogP) is 4.39. The molecule has 0 spiro atoms. The maximum Gasteiger partial charge on any atom is 0.259 e. The molecule has 0 saturated carbocycles. The number of ether oxygens (including phenoxy) is 2. The number of fused-ring (bicyclic) bond motifs is 2. The Morgan fingerprint density at radius 2 is 1.90 bits per heavy atom. The second-order valence-electron chi connectivity index (χ2n) is 6.85. The Morgan fingerprint density at radius 1 is 1.07 bits per heavy atom. The molecule has 29 heavy (non-hydrogen) atoms. The van der Waals surface area contributed by atoms with Gasteiger partial charge in [0.15, 0.2) is 11.5 Å². The SMILES string of the molecule is Cc1cc(-c2cc(C(=O)Nc3ccc4c(c3)OCO4)c3c(C)noc3n2)c(C)o1. The molecule has 8 nitrogen and oxygen atoms in total. The first kappa shape index (κ1) is 17.3. The summed E-state index contributed by atoms with van der Waals surface area (Å²) < 4.78 is 21.7. The van der Waals surface area contributed by atoms with E-state index < -0.39 is 0 Å². The van der Waals surface area contributed by atoms with Crippen LogP contribution in [0.3, 0.4) is 0 Å². The summed E-state index contributed by atoms with van der Waals surface area (Å²) in [6, 6.07) is 8.85. The number of nitrogens with one attached hydrogen (secondary N) is 1. The van der Waals surface area contributed by atoms with Crippen molar-refractivity contribution in [2.45, 2.75) is 20.8 Å². The molecule has 4 heterocycles. The van der Waals surface area contributed by atoms with Gasteiger partial charge in [-0.25, -0.2) is 4.98 Å². The summed E-state index contributed by atoms with van der Waals surface area (Å²) in [5.41, 5.74) is 3.29. The smallest absolute Gasteiger partial charge is 0.259 e. The van der Waals surface area contributed by atoms with E-state index in [4.69, 9.17) is 18.4 Å². The van der Waals surface area contributed by atoms with Gasteiger partial charge in [-0.1, -0.05) is 5.16 Å². The molecule has 0 aliphatic carbocycles. The van der Waals surface area contributed by atoms with Crippen LogP contribution in [0.4, 0.5) is 5.69 Å². The quantitative estimate of drug-likeness (QED) is 0.553. The summed E-state index contributed by atoms with van der Waals surface area (Å²) in [7, 11) is 0. The molecular formula is C21H17N3O5. The van der Waals surface area contributed by atoms with Crippen molar-refractivity contribution in [3.63, 3.8) is 0 Å². The third-order valence-corrected chi connectivity index (χ3v) is 4.81. The van der Waals surface area contributed by atoms with Gasteiger partial charge in [-0.3, -0.25) is 4.79 Å². The molecule has 4 aromatic rings. The van der Waals surface area contributed by atoms with Gasteiger partial charge < -0.3 is 23.7 Å². The van der Waals surface area contributed by atoms with Crippen LogP contribution in [0.5, 0.6) is 11.5 Å². The molecule has 1 aliphatic heterocycles. The molecule has 146 valence electrons. The van der Waals surface area contributed by atoms with Crippen molar-refractivity contribution < 1.29 is 23.2 Å². The van der Waals surface area contributed by atoms with Gasteiger partial charge in [0.2, 0.25) is 6.79 Å². The highest BCUT2D eigenvalue weighted by Crippen LogP contribution is 2.35. The van der Waals surface area contributed by atoms with Gasteiger partial charge in [-0.15, -0.1) is 0 Å². The molecule has 0 radical (unpaired) electrons. The Hall–Kier alpha value is -3.81. The Morgan fingerprint density at radius 3 is 2.69 bits per heavy atom. The summed E-state index contributed by atoms with van der Waals surface area (Å²) in [6.45, 7) is 5.66. The highest BCUT2D eigenvalue weighted by Gasteiger charge is 2.22. The lowest BCUT2D eigenvalue weighted by Gasteiger charge is -2.08. The van der Waals surface area contributed by atoms with E-state index in [-0.39, 0.29) is 12.7 Å². The largest absolute Gasteiger partial charge is 0.466 e. The van der Waals surface area contributed by atoms with Crippen molar-refractivity contribution >= 4 is 22.7 Å². The lowest BCUT2D eigenvalue weighted by molar-refractivity contribution is 0.102. The van der Waals surface area contributed by atoms with E-state index in [0.29, 0.717) is 51.0 Å². The minimum atomic E-state index is -0.304. The van der Waals surface area contributed by atoms with Crippen LogP contribution in [0.15, 0.2) is 39.3 Å². The molecule has 0 saturated heterocycles. The Balaban J connectivity index is 1.58. The minimum absolute atomic E-state index is 0.171. The topological polar surface area (TPSA) is 99.6 Å². The van der Waals surface area contributed by atoms with Gasteiger partial charge in [-0.2, -0.15) is 0 Å². The molecule has 1 N–H and O–H groups in total. The Labute approximate surface area is 165 Å². The molecule has 0 bridgehead atoms. The van der Waals surface area contributed by atoms with Crippen molar-refractivity contribution in [3.8, 4) is 22.8 Å². The number of pyridine rings is 1. The second-order valence-corrected chi connectivity index (χ2v) is 6.85. The molecule has 0 fully saturated rings. The standard InChI is InChI=1S/C21H17N3O5/c1-10-6-14(12(3)28-10)16-8-15(19-11(2)24-29-21(19)23-16)20(25)22-13-4-5-17-18(7-13)27-9-26-17/h4-8H,9H2,1-3H3,(H,22,25). The van der Waals surface area contributed by atoms with E-state index in [1.165, 1.54) is 0 Å². The molecule has 8 heteroatoms. The van der Waals surface area contributed by atoms with E-state index in [0.717, 1.165) is 11.3 Å². The van der Waals surface area contributed by atoms with Gasteiger partial charge in [-0.05, 0) is 45.0 Å². The average Bonchev–Trinajstić information content (AvgIpc) is 3.39. The maximum atomic E-state index is 13.1. The number of amides is 1. The van der Waals surface area contributed by atoms with E-state index in [1.54, 1.807) is 31.2 Å². The van der Waals surface area contributed by atoms with Gasteiger partial charge in [0.25, 0.3) is 11.6 Å². The number of hydrogen-bond acceptors (Lipinski definition) is 7. The van der Waals surface area contributed by atoms with Crippen molar-refractivity contribution in [1.82, 2.24) is 10.1 Å². The van der Waals surface area contributed by atoms with Crippen molar-refractivity contribution in [2.75, 3.05) is 12.1 Å². The van der Waals surface area contributed by atoms with Crippen LogP contribution in [-0.2, 0) is 0 Å². The first-order chi connectivity index (χ1) is 14.0. The number of furan rings is 1. The molecule has 1 aliphatic rings. The normalized spacial score (nSPS) is 12.5. The first-order valence-corrected chi connectivity index (χ1v) is 9.05. The van der Waals surface area contributed by atoms with Gasteiger partial charge >= 0.3 is 0 Å². The van der Waals surface area contributed by atoms with Crippen molar-refractivity contribution in [2.24, 2.45) is 0 Å². The molecule has 1 amide bonds. The van der Waals surface area contributed by atoms with Crippen LogP contribution < -0.4 is 14.8 Å². The molecule has 5 rings (SSSR count). The van der Waals surface area contributed by atoms with Gasteiger partial charge in [0, 0.05) is 17.3 Å². The van der Waals surface area contributed by atoms with Crippen molar-refractivity contribution in [1.29, 1.82) is 0 Å². The minimum Gasteiger partial charge on any atom is -0.466 e. The monoisotopic (exact) mass is 391 g/mol. The molecule has 0 atom stereocenters. The van der Waals surface area contributed by atoms with Crippen molar-refractivity contribution in [3.05, 3.63) is 53.1 Å². The lowest BCUT2D eigenvalue weighted by atomic mass is 10.1. The predicted molar refractivity (Wildman–Crippen MR) is 104 cm³/mol. The first-order valence-electron chi connectivity index (χ1n) is 9.05. The number of carbonyl (C=O) groups excluding carboxylic acids is 1. The summed E-state index contributed by atoms with van der Waals surface area (Å²) in [5.74, 6) is 2.42. The number of benzene rings is 1. The zero-order chi connectivity index (χ0) is 20.1. The zero-order valence-electron chi connectivity index (χ0n) is 16.0. The van der Waals surface area contributed by atoms with Crippen LogP contribution in [0.1, 0.15) is 27.6 Å². The zero-order valence-corrected chi connectivity index (χ0v) is 16.0. The Kier molecular flexibility index (Phi) is 3.80. The number of nitrogens with zero attached hydrogens (tertiary/aromatic N) is 2. The highest BCUT2D eigenvalue weighted by molar-refractivity contribution is 6.13. The number of carbonyl (C=O) groups is 1. The Bertz CT molecular complexity index is 1270. The fourth-order valence-corrected chi connectivity index (χ4v) is 3.47. The number of anilines is 1. The average molecular weight is 391 g/mol. The highest BCUT2D eigenvalue weighted by atomic mass is 16.7. The second kappa shape index (κ2) is 6.37. The summed E-state index contributed by atoms with van der Waals surface area (Å²) in [4.78, 5) is 17.7. The number of aryl methyl sites for hydroxylation is 3. The third kappa shape index (κ3) is 2.89. The van der Waals surface area contributed by atoms with Gasteiger partial charge in [0.05, 0.1) is 22.3 Å². The van der Waals surface area contributed by atoms with Crippen LogP contribution in [0.2, 0.25) is 0 Å². The third-order valence-electron chi connectivity index (χ3n) is 4.81. The fourth-order valence-electron chi connectivity index (χ4n) is 3.47. The molecule has 0 unspecified atom stereocenters. The van der Waals surface area contributed by atoms with E-state index in [1.807, 2.05) is 19.9 Å². The number of aromatic nitrogens is 2. The van der Waals surface area contributed by atoms with Crippen LogP contribution in [0.25, 0.3) is 22.4 Å².